The van der Waals surface area contributed by atoms with Gasteiger partial charge in [-0.1, -0.05) is 54.1 Å². The number of benzene rings is 2. The van der Waals surface area contributed by atoms with Crippen molar-refractivity contribution in [3.8, 4) is 0 Å². The molecule has 0 amide bonds. The third-order valence-electron chi connectivity index (χ3n) is 3.68. The molecule has 2 aromatic carbocycles. The SMILES string of the molecule is C=CC[C@@H](OC(=O)c1c(C)cc(C)cc1C)c1ccccc1. The van der Waals surface area contributed by atoms with Gasteiger partial charge in [-0.2, -0.15) is 0 Å². The van der Waals surface area contributed by atoms with Crippen molar-refractivity contribution in [3.63, 3.8) is 0 Å². The molecule has 0 radical (unpaired) electrons. The lowest BCUT2D eigenvalue weighted by atomic mass is 9.99. The summed E-state index contributed by atoms with van der Waals surface area (Å²) in [5, 5.41) is 0. The van der Waals surface area contributed by atoms with E-state index in [1.54, 1.807) is 6.08 Å². The highest BCUT2D eigenvalue weighted by molar-refractivity contribution is 5.93. The van der Waals surface area contributed by atoms with Crippen LogP contribution in [0.15, 0.2) is 55.1 Å². The molecule has 114 valence electrons. The van der Waals surface area contributed by atoms with E-state index in [-0.39, 0.29) is 12.1 Å². The molecule has 2 aromatic rings. The standard InChI is InChI=1S/C20H22O2/c1-5-9-18(17-10-7-6-8-11-17)22-20(21)19-15(3)12-14(2)13-16(19)4/h5-8,10-13,18H,1,9H2,2-4H3/t18-/m1/s1. The molecule has 0 spiro atoms. The fourth-order valence-electron chi connectivity index (χ4n) is 2.76. The third kappa shape index (κ3) is 3.64. The summed E-state index contributed by atoms with van der Waals surface area (Å²) in [6.45, 7) is 9.68. The van der Waals surface area contributed by atoms with Crippen LogP contribution < -0.4 is 0 Å². The van der Waals surface area contributed by atoms with Crippen LogP contribution in [0.3, 0.4) is 0 Å². The molecule has 0 heterocycles. The molecule has 1 atom stereocenters. The van der Waals surface area contributed by atoms with Crippen molar-refractivity contribution >= 4 is 5.97 Å². The van der Waals surface area contributed by atoms with Crippen molar-refractivity contribution in [2.75, 3.05) is 0 Å². The monoisotopic (exact) mass is 294 g/mol. The first-order valence-electron chi connectivity index (χ1n) is 7.47. The zero-order valence-electron chi connectivity index (χ0n) is 13.4. The van der Waals surface area contributed by atoms with Gasteiger partial charge in [-0.15, -0.1) is 6.58 Å². The summed E-state index contributed by atoms with van der Waals surface area (Å²) in [7, 11) is 0. The van der Waals surface area contributed by atoms with E-state index in [0.717, 1.165) is 22.3 Å². The molecule has 2 rings (SSSR count). The minimum atomic E-state index is -0.300. The van der Waals surface area contributed by atoms with E-state index in [4.69, 9.17) is 4.74 Å². The first-order valence-corrected chi connectivity index (χ1v) is 7.47. The predicted octanol–water partition coefficient (Wildman–Crippen LogP) is 5.09. The number of hydrogen-bond donors (Lipinski definition) is 0. The highest BCUT2D eigenvalue weighted by atomic mass is 16.5. The van der Waals surface area contributed by atoms with Gasteiger partial charge < -0.3 is 4.74 Å². The summed E-state index contributed by atoms with van der Waals surface area (Å²) in [5.74, 6) is -0.272. The van der Waals surface area contributed by atoms with Gasteiger partial charge in [0, 0.05) is 6.42 Å². The van der Waals surface area contributed by atoms with Crippen LogP contribution in [-0.4, -0.2) is 5.97 Å². The Kier molecular flexibility index (Phi) is 5.16. The number of ether oxygens (including phenoxy) is 1. The Morgan fingerprint density at radius 1 is 1.14 bits per heavy atom. The van der Waals surface area contributed by atoms with Gasteiger partial charge in [-0.25, -0.2) is 4.79 Å². The fourth-order valence-corrected chi connectivity index (χ4v) is 2.76. The summed E-state index contributed by atoms with van der Waals surface area (Å²) in [4.78, 5) is 12.6. The summed E-state index contributed by atoms with van der Waals surface area (Å²) in [6.07, 6.45) is 2.07. The lowest BCUT2D eigenvalue weighted by molar-refractivity contribution is 0.0302. The quantitative estimate of drug-likeness (QED) is 0.567. The maximum atomic E-state index is 12.6. The van der Waals surface area contributed by atoms with Crippen LogP contribution in [0.4, 0.5) is 0 Å². The summed E-state index contributed by atoms with van der Waals surface area (Å²) in [6, 6.07) is 13.8. The molecular weight excluding hydrogens is 272 g/mol. The van der Waals surface area contributed by atoms with Crippen molar-refractivity contribution in [1.82, 2.24) is 0 Å². The van der Waals surface area contributed by atoms with Crippen LogP contribution in [0.5, 0.6) is 0 Å². The molecule has 0 aliphatic rings. The Hall–Kier alpha value is -2.35. The van der Waals surface area contributed by atoms with E-state index in [9.17, 15) is 4.79 Å². The van der Waals surface area contributed by atoms with Gasteiger partial charge in [0.15, 0.2) is 0 Å². The molecule has 0 aromatic heterocycles. The maximum Gasteiger partial charge on any atom is 0.339 e. The van der Waals surface area contributed by atoms with Crippen LogP contribution in [0.25, 0.3) is 0 Å². The smallest absolute Gasteiger partial charge is 0.339 e. The minimum Gasteiger partial charge on any atom is -0.454 e. The second-order valence-corrected chi connectivity index (χ2v) is 5.60. The average molecular weight is 294 g/mol. The topological polar surface area (TPSA) is 26.3 Å². The van der Waals surface area contributed by atoms with Gasteiger partial charge in [0.05, 0.1) is 5.56 Å². The molecule has 0 fully saturated rings. The Bertz CT molecular complexity index is 648. The van der Waals surface area contributed by atoms with E-state index >= 15 is 0 Å². The first-order chi connectivity index (χ1) is 10.5. The summed E-state index contributed by atoms with van der Waals surface area (Å²) < 4.78 is 5.75. The molecule has 2 heteroatoms. The van der Waals surface area contributed by atoms with Crippen LogP contribution in [0.1, 0.15) is 45.1 Å². The second kappa shape index (κ2) is 7.08. The van der Waals surface area contributed by atoms with Crippen molar-refractivity contribution < 1.29 is 9.53 Å². The minimum absolute atomic E-state index is 0.272. The molecule has 0 unspecified atom stereocenters. The van der Waals surface area contributed by atoms with E-state index in [1.807, 2.05) is 63.2 Å². The molecule has 0 N–H and O–H groups in total. The van der Waals surface area contributed by atoms with E-state index in [1.165, 1.54) is 0 Å². The highest BCUT2D eigenvalue weighted by Crippen LogP contribution is 2.25. The maximum absolute atomic E-state index is 12.6. The van der Waals surface area contributed by atoms with Crippen LogP contribution in [0.2, 0.25) is 0 Å². The van der Waals surface area contributed by atoms with Crippen molar-refractivity contribution in [3.05, 3.63) is 82.9 Å². The zero-order valence-corrected chi connectivity index (χ0v) is 13.4. The van der Waals surface area contributed by atoms with Gasteiger partial charge >= 0.3 is 5.97 Å². The van der Waals surface area contributed by atoms with Gasteiger partial charge in [-0.3, -0.25) is 0 Å². The van der Waals surface area contributed by atoms with Crippen molar-refractivity contribution in [1.29, 1.82) is 0 Å². The number of rotatable bonds is 5. The molecule has 2 nitrogen and oxygen atoms in total. The number of carbonyl (C=O) groups is 1. The number of hydrogen-bond acceptors (Lipinski definition) is 2. The Labute approximate surface area is 132 Å². The van der Waals surface area contributed by atoms with Gasteiger partial charge in [0.1, 0.15) is 6.10 Å². The van der Waals surface area contributed by atoms with Gasteiger partial charge in [0.2, 0.25) is 0 Å². The van der Waals surface area contributed by atoms with Crippen molar-refractivity contribution in [2.24, 2.45) is 0 Å². The molecule has 22 heavy (non-hydrogen) atoms. The second-order valence-electron chi connectivity index (χ2n) is 5.60. The molecule has 0 saturated heterocycles. The average Bonchev–Trinajstić information content (AvgIpc) is 2.46. The van der Waals surface area contributed by atoms with Crippen LogP contribution in [-0.2, 0) is 4.74 Å². The van der Waals surface area contributed by atoms with Crippen LogP contribution >= 0.6 is 0 Å². The van der Waals surface area contributed by atoms with Crippen LogP contribution in [0, 0.1) is 20.8 Å². The Balaban J connectivity index is 2.28. The molecular formula is C20H22O2. The van der Waals surface area contributed by atoms with E-state index in [2.05, 4.69) is 6.58 Å². The third-order valence-corrected chi connectivity index (χ3v) is 3.68. The summed E-state index contributed by atoms with van der Waals surface area (Å²) >= 11 is 0. The lowest BCUT2D eigenvalue weighted by Gasteiger charge is -2.18. The summed E-state index contributed by atoms with van der Waals surface area (Å²) in [5.41, 5.74) is 4.70. The normalized spacial score (nSPS) is 11.8. The Morgan fingerprint density at radius 3 is 2.27 bits per heavy atom. The predicted molar refractivity (Wildman–Crippen MR) is 90.1 cm³/mol. The first kappa shape index (κ1) is 16.0. The highest BCUT2D eigenvalue weighted by Gasteiger charge is 2.20. The molecule has 0 bridgehead atoms. The Morgan fingerprint density at radius 2 is 1.73 bits per heavy atom. The lowest BCUT2D eigenvalue weighted by Crippen LogP contribution is -2.14. The molecule has 0 aliphatic heterocycles. The zero-order chi connectivity index (χ0) is 16.1. The number of esters is 1. The van der Waals surface area contributed by atoms with Crippen molar-refractivity contribution in [2.45, 2.75) is 33.3 Å². The van der Waals surface area contributed by atoms with Gasteiger partial charge in [0.25, 0.3) is 0 Å². The number of carbonyl (C=O) groups excluding carboxylic acids is 1. The van der Waals surface area contributed by atoms with E-state index < -0.39 is 0 Å². The molecule has 0 saturated carbocycles. The number of aryl methyl sites for hydroxylation is 3. The largest absolute Gasteiger partial charge is 0.454 e. The fraction of sp³-hybridized carbons (Fsp3) is 0.250. The van der Waals surface area contributed by atoms with Gasteiger partial charge in [-0.05, 0) is 37.5 Å². The molecule has 0 aliphatic carbocycles. The van der Waals surface area contributed by atoms with E-state index in [0.29, 0.717) is 12.0 Å².